The monoisotopic (exact) mass is 845 g/mol. The van der Waals surface area contributed by atoms with Gasteiger partial charge < -0.3 is 14.2 Å². The number of hydrogen-bond donors (Lipinski definition) is 0. The smallest absolute Gasteiger partial charge is 0.306 e. The first-order valence-electron chi connectivity index (χ1n) is 26.3. The molecule has 6 heteroatoms. The van der Waals surface area contributed by atoms with Gasteiger partial charge >= 0.3 is 17.9 Å². The summed E-state index contributed by atoms with van der Waals surface area (Å²) in [6, 6.07) is 0. The summed E-state index contributed by atoms with van der Waals surface area (Å²) in [4.78, 5) is 37.9. The molecule has 0 aromatic carbocycles. The van der Waals surface area contributed by atoms with Gasteiger partial charge in [-0.2, -0.15) is 0 Å². The molecule has 0 saturated carbocycles. The second-order valence-electron chi connectivity index (χ2n) is 17.8. The lowest BCUT2D eigenvalue weighted by molar-refractivity contribution is -0.167. The van der Waals surface area contributed by atoms with E-state index in [4.69, 9.17) is 14.2 Å². The highest BCUT2D eigenvalue weighted by atomic mass is 16.6. The molecular formula is C54H100O6. The van der Waals surface area contributed by atoms with E-state index in [0.29, 0.717) is 19.3 Å². The molecule has 0 fully saturated rings. The van der Waals surface area contributed by atoms with Crippen LogP contribution in [0.5, 0.6) is 0 Å². The fraction of sp³-hybridized carbons (Fsp3) is 0.870. The van der Waals surface area contributed by atoms with Crippen molar-refractivity contribution >= 4 is 17.9 Å². The molecule has 0 radical (unpaired) electrons. The minimum atomic E-state index is -0.774. The number of carbonyl (C=O) groups is 3. The molecule has 0 amide bonds. The van der Waals surface area contributed by atoms with Gasteiger partial charge in [0.05, 0.1) is 0 Å². The van der Waals surface area contributed by atoms with E-state index in [0.717, 1.165) is 70.6 Å². The predicted molar refractivity (Wildman–Crippen MR) is 256 cm³/mol. The van der Waals surface area contributed by atoms with Crippen molar-refractivity contribution in [1.82, 2.24) is 0 Å². The van der Waals surface area contributed by atoms with Gasteiger partial charge in [-0.3, -0.25) is 14.4 Å². The van der Waals surface area contributed by atoms with Crippen molar-refractivity contribution in [3.8, 4) is 0 Å². The summed E-state index contributed by atoms with van der Waals surface area (Å²) in [5.41, 5.74) is 0. The lowest BCUT2D eigenvalue weighted by Gasteiger charge is -2.18. The molecule has 0 bridgehead atoms. The van der Waals surface area contributed by atoms with E-state index in [1.54, 1.807) is 0 Å². The number of unbranched alkanes of at least 4 members (excludes halogenated alkanes) is 33. The first kappa shape index (κ1) is 57.9. The van der Waals surface area contributed by atoms with Gasteiger partial charge in [0.25, 0.3) is 0 Å². The molecule has 0 aliphatic rings. The minimum absolute atomic E-state index is 0.0735. The molecule has 0 heterocycles. The maximum atomic E-state index is 12.8. The van der Waals surface area contributed by atoms with Crippen molar-refractivity contribution in [2.75, 3.05) is 13.2 Å². The van der Waals surface area contributed by atoms with E-state index in [1.807, 2.05) is 0 Å². The average molecular weight is 845 g/mol. The maximum absolute atomic E-state index is 12.8. The highest BCUT2D eigenvalue weighted by molar-refractivity contribution is 5.71. The molecule has 1 atom stereocenters. The number of esters is 3. The standard InChI is InChI=1S/C54H100O6/c1-4-7-10-13-16-19-22-25-27-29-32-35-38-41-44-47-53(56)59-50-51(49-58-52(55)46-43-40-37-34-31-24-21-18-15-12-9-6-3)60-54(57)48-45-42-39-36-33-30-28-26-23-20-17-14-11-8-5-2/h25-28,51H,4-24,29-50H2,1-3H3/b27-25-,28-26-/t51-/m0/s1. The van der Waals surface area contributed by atoms with Gasteiger partial charge in [0.1, 0.15) is 13.2 Å². The van der Waals surface area contributed by atoms with E-state index in [-0.39, 0.29) is 31.1 Å². The Hall–Kier alpha value is -2.11. The third-order valence-electron chi connectivity index (χ3n) is 11.7. The summed E-state index contributed by atoms with van der Waals surface area (Å²) in [6.45, 7) is 6.64. The fourth-order valence-electron chi connectivity index (χ4n) is 7.67. The van der Waals surface area contributed by atoms with Crippen LogP contribution in [0.25, 0.3) is 0 Å². The Labute approximate surface area is 373 Å². The van der Waals surface area contributed by atoms with Gasteiger partial charge in [-0.1, -0.05) is 218 Å². The van der Waals surface area contributed by atoms with E-state index in [9.17, 15) is 14.4 Å². The topological polar surface area (TPSA) is 78.9 Å². The highest BCUT2D eigenvalue weighted by Crippen LogP contribution is 2.15. The molecule has 0 aromatic heterocycles. The summed E-state index contributed by atoms with van der Waals surface area (Å²) in [7, 11) is 0. The Morgan fingerprint density at radius 1 is 0.317 bits per heavy atom. The molecule has 60 heavy (non-hydrogen) atoms. The normalized spacial score (nSPS) is 12.1. The molecule has 0 aromatic rings. The molecule has 0 rings (SSSR count). The van der Waals surface area contributed by atoms with Gasteiger partial charge in [-0.25, -0.2) is 0 Å². The third-order valence-corrected chi connectivity index (χ3v) is 11.7. The van der Waals surface area contributed by atoms with Crippen molar-refractivity contribution < 1.29 is 28.6 Å². The maximum Gasteiger partial charge on any atom is 0.306 e. The van der Waals surface area contributed by atoms with Crippen LogP contribution in [-0.2, 0) is 28.6 Å². The van der Waals surface area contributed by atoms with Gasteiger partial charge in [0.15, 0.2) is 6.10 Å². The van der Waals surface area contributed by atoms with Gasteiger partial charge in [0, 0.05) is 19.3 Å². The predicted octanol–water partition coefficient (Wildman–Crippen LogP) is 17.2. The van der Waals surface area contributed by atoms with E-state index in [1.165, 1.54) is 173 Å². The Kier molecular flexibility index (Phi) is 47.8. The Bertz CT molecular complexity index is 973. The zero-order valence-corrected chi connectivity index (χ0v) is 40.2. The second kappa shape index (κ2) is 49.5. The molecule has 0 N–H and O–H groups in total. The minimum Gasteiger partial charge on any atom is -0.462 e. The van der Waals surface area contributed by atoms with Crippen LogP contribution < -0.4 is 0 Å². The molecule has 0 saturated heterocycles. The number of rotatable bonds is 48. The lowest BCUT2D eigenvalue weighted by atomic mass is 10.0. The van der Waals surface area contributed by atoms with Crippen LogP contribution in [0.1, 0.15) is 284 Å². The van der Waals surface area contributed by atoms with Crippen molar-refractivity contribution in [3.05, 3.63) is 24.3 Å². The lowest BCUT2D eigenvalue weighted by Crippen LogP contribution is -2.30. The van der Waals surface area contributed by atoms with Crippen LogP contribution in [0.4, 0.5) is 0 Å². The largest absolute Gasteiger partial charge is 0.462 e. The number of hydrogen-bond acceptors (Lipinski definition) is 6. The number of allylic oxidation sites excluding steroid dienone is 4. The summed E-state index contributed by atoms with van der Waals surface area (Å²) < 4.78 is 16.8. The van der Waals surface area contributed by atoms with Gasteiger partial charge in [0.2, 0.25) is 0 Å². The summed E-state index contributed by atoms with van der Waals surface area (Å²) in [5.74, 6) is -0.878. The highest BCUT2D eigenvalue weighted by Gasteiger charge is 2.19. The van der Waals surface area contributed by atoms with Crippen molar-refractivity contribution in [2.24, 2.45) is 0 Å². The molecule has 0 aliphatic heterocycles. The van der Waals surface area contributed by atoms with Crippen LogP contribution in [-0.4, -0.2) is 37.2 Å². The van der Waals surface area contributed by atoms with Gasteiger partial charge in [-0.05, 0) is 70.6 Å². The zero-order valence-electron chi connectivity index (χ0n) is 40.2. The summed E-state index contributed by atoms with van der Waals surface area (Å²) in [6.07, 6.45) is 55.8. The quantitative estimate of drug-likeness (QED) is 0.0263. The molecular weight excluding hydrogens is 745 g/mol. The van der Waals surface area contributed by atoms with Crippen molar-refractivity contribution in [3.63, 3.8) is 0 Å². The van der Waals surface area contributed by atoms with Crippen LogP contribution in [0.15, 0.2) is 24.3 Å². The number of ether oxygens (including phenoxy) is 3. The Morgan fingerprint density at radius 3 is 0.833 bits per heavy atom. The van der Waals surface area contributed by atoms with Crippen LogP contribution >= 0.6 is 0 Å². The Morgan fingerprint density at radius 2 is 0.550 bits per heavy atom. The van der Waals surface area contributed by atoms with Crippen molar-refractivity contribution in [1.29, 1.82) is 0 Å². The van der Waals surface area contributed by atoms with Crippen LogP contribution in [0.3, 0.4) is 0 Å². The van der Waals surface area contributed by atoms with E-state index in [2.05, 4.69) is 45.1 Å². The van der Waals surface area contributed by atoms with Crippen molar-refractivity contribution in [2.45, 2.75) is 290 Å². The van der Waals surface area contributed by atoms with E-state index < -0.39 is 6.10 Å². The third kappa shape index (κ3) is 46.9. The first-order chi connectivity index (χ1) is 29.5. The molecule has 352 valence electrons. The zero-order chi connectivity index (χ0) is 43.7. The van der Waals surface area contributed by atoms with E-state index >= 15 is 0 Å². The van der Waals surface area contributed by atoms with Crippen LogP contribution in [0, 0.1) is 0 Å². The SMILES string of the molecule is CCCCCCCC/C=C\CCCCCCCC(=O)OC[C@H](COC(=O)CCCCCCCCCCCCCC)OC(=O)CCCCCCC/C=C\CCCCCCCC. The first-order valence-corrected chi connectivity index (χ1v) is 26.3. The van der Waals surface area contributed by atoms with Gasteiger partial charge in [-0.15, -0.1) is 0 Å². The number of carbonyl (C=O) groups excluding carboxylic acids is 3. The summed E-state index contributed by atoms with van der Waals surface area (Å²) in [5, 5.41) is 0. The summed E-state index contributed by atoms with van der Waals surface area (Å²) >= 11 is 0. The molecule has 0 aliphatic carbocycles. The average Bonchev–Trinajstić information content (AvgIpc) is 3.24. The molecule has 0 spiro atoms. The fourth-order valence-corrected chi connectivity index (χ4v) is 7.67. The van der Waals surface area contributed by atoms with Crippen LogP contribution in [0.2, 0.25) is 0 Å². The molecule has 6 nitrogen and oxygen atoms in total. The molecule has 0 unspecified atom stereocenters. The Balaban J connectivity index is 4.36. The second-order valence-corrected chi connectivity index (χ2v) is 17.8.